The minimum absolute atomic E-state index is 0.279. The van der Waals surface area contributed by atoms with Gasteiger partial charge >= 0.3 is 0 Å². The van der Waals surface area contributed by atoms with Crippen molar-refractivity contribution in [1.82, 2.24) is 5.32 Å². The molecular formula is C17H27NO. The highest BCUT2D eigenvalue weighted by atomic mass is 16.3. The number of fused-ring (bicyclic) bond motifs is 1. The third-order valence-electron chi connectivity index (χ3n) is 4.52. The van der Waals surface area contributed by atoms with Crippen LogP contribution in [0.5, 0.6) is 0 Å². The monoisotopic (exact) mass is 261 g/mol. The Morgan fingerprint density at radius 3 is 2.79 bits per heavy atom. The van der Waals surface area contributed by atoms with Gasteiger partial charge in [0.25, 0.3) is 0 Å². The molecule has 2 atom stereocenters. The van der Waals surface area contributed by atoms with Crippen LogP contribution in [0.2, 0.25) is 0 Å². The minimum atomic E-state index is 0.279. The predicted octanol–water partition coefficient (Wildman–Crippen LogP) is 3.31. The van der Waals surface area contributed by atoms with Gasteiger partial charge in [0.2, 0.25) is 0 Å². The lowest BCUT2D eigenvalue weighted by Crippen LogP contribution is -2.34. The molecule has 2 N–H and O–H groups in total. The summed E-state index contributed by atoms with van der Waals surface area (Å²) >= 11 is 0. The molecule has 0 amide bonds. The number of nitrogens with one attached hydrogen (secondary N) is 1. The van der Waals surface area contributed by atoms with E-state index in [-0.39, 0.29) is 5.41 Å². The van der Waals surface area contributed by atoms with Crippen LogP contribution in [0, 0.1) is 11.3 Å². The molecule has 0 aliphatic heterocycles. The van der Waals surface area contributed by atoms with Gasteiger partial charge in [-0.2, -0.15) is 0 Å². The van der Waals surface area contributed by atoms with E-state index in [1.807, 2.05) is 0 Å². The molecule has 2 unspecified atom stereocenters. The second kappa shape index (κ2) is 6.06. The number of aliphatic hydroxyl groups is 1. The predicted molar refractivity (Wildman–Crippen MR) is 80.2 cm³/mol. The maximum absolute atomic E-state index is 9.09. The summed E-state index contributed by atoms with van der Waals surface area (Å²) in [6.45, 7) is 8.19. The average Bonchev–Trinajstić information content (AvgIpc) is 2.64. The third-order valence-corrected chi connectivity index (χ3v) is 4.52. The van der Waals surface area contributed by atoms with Crippen molar-refractivity contribution in [3.8, 4) is 0 Å². The molecule has 0 aromatic heterocycles. The number of rotatable bonds is 6. The SMILES string of the molecule is CCC(CCO)CNC1c2ccccc2CC1(C)C. The highest BCUT2D eigenvalue weighted by Crippen LogP contribution is 2.44. The normalized spacial score (nSPS) is 22.2. The standard InChI is InChI=1S/C17H27NO/c1-4-13(9-10-19)12-18-16-15-8-6-5-7-14(15)11-17(16,2)3/h5-8,13,16,18-19H,4,9-12H2,1-3H3. The first-order valence-corrected chi connectivity index (χ1v) is 7.50. The largest absolute Gasteiger partial charge is 0.396 e. The van der Waals surface area contributed by atoms with E-state index in [4.69, 9.17) is 5.11 Å². The fourth-order valence-electron chi connectivity index (χ4n) is 3.29. The van der Waals surface area contributed by atoms with Crippen LogP contribution in [0.4, 0.5) is 0 Å². The molecule has 1 aliphatic carbocycles. The molecule has 0 heterocycles. The van der Waals surface area contributed by atoms with Gasteiger partial charge < -0.3 is 10.4 Å². The second-order valence-electron chi connectivity index (χ2n) is 6.49. The van der Waals surface area contributed by atoms with Gasteiger partial charge in [0, 0.05) is 12.6 Å². The van der Waals surface area contributed by atoms with Gasteiger partial charge in [-0.05, 0) is 41.8 Å². The second-order valence-corrected chi connectivity index (χ2v) is 6.49. The van der Waals surface area contributed by atoms with Crippen LogP contribution in [-0.2, 0) is 6.42 Å². The molecule has 2 nitrogen and oxygen atoms in total. The Bertz CT molecular complexity index is 413. The first kappa shape index (κ1) is 14.5. The summed E-state index contributed by atoms with van der Waals surface area (Å²) in [6, 6.07) is 9.23. The van der Waals surface area contributed by atoms with Gasteiger partial charge in [0.05, 0.1) is 0 Å². The fraction of sp³-hybridized carbons (Fsp3) is 0.647. The van der Waals surface area contributed by atoms with Crippen molar-refractivity contribution in [1.29, 1.82) is 0 Å². The van der Waals surface area contributed by atoms with Crippen molar-refractivity contribution in [2.24, 2.45) is 11.3 Å². The summed E-state index contributed by atoms with van der Waals surface area (Å²) in [6.07, 6.45) is 3.18. The van der Waals surface area contributed by atoms with E-state index in [0.29, 0.717) is 18.6 Å². The van der Waals surface area contributed by atoms with Crippen LogP contribution in [0.1, 0.15) is 50.8 Å². The molecular weight excluding hydrogens is 234 g/mol. The van der Waals surface area contributed by atoms with E-state index in [9.17, 15) is 0 Å². The Labute approximate surface area is 117 Å². The first-order chi connectivity index (χ1) is 9.08. The molecule has 2 rings (SSSR count). The molecule has 2 heteroatoms. The summed E-state index contributed by atoms with van der Waals surface area (Å²) in [5, 5.41) is 12.8. The van der Waals surface area contributed by atoms with E-state index >= 15 is 0 Å². The molecule has 1 aromatic carbocycles. The zero-order valence-electron chi connectivity index (χ0n) is 12.4. The van der Waals surface area contributed by atoms with Crippen molar-refractivity contribution >= 4 is 0 Å². The Morgan fingerprint density at radius 2 is 2.11 bits per heavy atom. The fourth-order valence-corrected chi connectivity index (χ4v) is 3.29. The van der Waals surface area contributed by atoms with E-state index in [1.165, 1.54) is 11.1 Å². The van der Waals surface area contributed by atoms with Crippen LogP contribution in [0.3, 0.4) is 0 Å². The zero-order valence-corrected chi connectivity index (χ0v) is 12.4. The maximum Gasteiger partial charge on any atom is 0.0434 e. The molecule has 1 aliphatic rings. The molecule has 19 heavy (non-hydrogen) atoms. The minimum Gasteiger partial charge on any atom is -0.396 e. The molecule has 0 fully saturated rings. The van der Waals surface area contributed by atoms with Crippen molar-refractivity contribution in [2.75, 3.05) is 13.2 Å². The Balaban J connectivity index is 2.06. The van der Waals surface area contributed by atoms with Crippen LogP contribution < -0.4 is 5.32 Å². The average molecular weight is 261 g/mol. The highest BCUT2D eigenvalue weighted by Gasteiger charge is 2.38. The molecule has 0 bridgehead atoms. The van der Waals surface area contributed by atoms with E-state index < -0.39 is 0 Å². The maximum atomic E-state index is 9.09. The first-order valence-electron chi connectivity index (χ1n) is 7.50. The number of benzene rings is 1. The van der Waals surface area contributed by atoms with Crippen molar-refractivity contribution in [3.63, 3.8) is 0 Å². The number of hydrogen-bond donors (Lipinski definition) is 2. The Hall–Kier alpha value is -0.860. The molecule has 0 saturated heterocycles. The van der Waals surface area contributed by atoms with Crippen molar-refractivity contribution in [2.45, 2.75) is 46.1 Å². The highest BCUT2D eigenvalue weighted by molar-refractivity contribution is 5.37. The van der Waals surface area contributed by atoms with Crippen molar-refractivity contribution in [3.05, 3.63) is 35.4 Å². The van der Waals surface area contributed by atoms with E-state index in [1.54, 1.807) is 0 Å². The van der Waals surface area contributed by atoms with Gasteiger partial charge in [-0.25, -0.2) is 0 Å². The Morgan fingerprint density at radius 1 is 1.37 bits per heavy atom. The van der Waals surface area contributed by atoms with Gasteiger partial charge in [-0.3, -0.25) is 0 Å². The van der Waals surface area contributed by atoms with Crippen LogP contribution in [0.15, 0.2) is 24.3 Å². The summed E-state index contributed by atoms with van der Waals surface area (Å²) < 4.78 is 0. The zero-order chi connectivity index (χ0) is 13.9. The molecule has 106 valence electrons. The molecule has 0 radical (unpaired) electrons. The van der Waals surface area contributed by atoms with Gasteiger partial charge in [-0.1, -0.05) is 51.5 Å². The summed E-state index contributed by atoms with van der Waals surface area (Å²) in [5.74, 6) is 0.577. The lowest BCUT2D eigenvalue weighted by atomic mass is 9.85. The van der Waals surface area contributed by atoms with E-state index in [2.05, 4.69) is 50.4 Å². The van der Waals surface area contributed by atoms with Crippen LogP contribution >= 0.6 is 0 Å². The lowest BCUT2D eigenvalue weighted by molar-refractivity contribution is 0.226. The third kappa shape index (κ3) is 3.18. The smallest absolute Gasteiger partial charge is 0.0434 e. The quantitative estimate of drug-likeness (QED) is 0.823. The topological polar surface area (TPSA) is 32.3 Å². The summed E-state index contributed by atoms with van der Waals surface area (Å²) in [7, 11) is 0. The van der Waals surface area contributed by atoms with Crippen LogP contribution in [-0.4, -0.2) is 18.3 Å². The van der Waals surface area contributed by atoms with Crippen molar-refractivity contribution < 1.29 is 5.11 Å². The lowest BCUT2D eigenvalue weighted by Gasteiger charge is -2.30. The van der Waals surface area contributed by atoms with E-state index in [0.717, 1.165) is 25.8 Å². The molecule has 0 spiro atoms. The van der Waals surface area contributed by atoms with Crippen LogP contribution in [0.25, 0.3) is 0 Å². The summed E-state index contributed by atoms with van der Waals surface area (Å²) in [5.41, 5.74) is 3.23. The molecule has 1 aromatic rings. The van der Waals surface area contributed by atoms with Gasteiger partial charge in [0.1, 0.15) is 0 Å². The van der Waals surface area contributed by atoms with Gasteiger partial charge in [-0.15, -0.1) is 0 Å². The number of aliphatic hydroxyl groups excluding tert-OH is 1. The summed E-state index contributed by atoms with van der Waals surface area (Å²) in [4.78, 5) is 0. The number of hydrogen-bond acceptors (Lipinski definition) is 2. The Kier molecular flexibility index (Phi) is 4.64. The van der Waals surface area contributed by atoms with Gasteiger partial charge in [0.15, 0.2) is 0 Å². The molecule has 0 saturated carbocycles.